The van der Waals surface area contributed by atoms with E-state index in [4.69, 9.17) is 10.8 Å². The van der Waals surface area contributed by atoms with Gasteiger partial charge in [-0.25, -0.2) is 9.78 Å². The molecule has 1 heterocycles. The largest absolute Gasteiger partial charge is 0.478 e. The van der Waals surface area contributed by atoms with Crippen molar-refractivity contribution >= 4 is 17.5 Å². The van der Waals surface area contributed by atoms with E-state index < -0.39 is 5.97 Å². The Balaban J connectivity index is 2.85. The van der Waals surface area contributed by atoms with Gasteiger partial charge in [-0.2, -0.15) is 0 Å². The van der Waals surface area contributed by atoms with Crippen LogP contribution in [-0.2, 0) is 0 Å². The number of aromatic nitrogens is 1. The molecule has 1 aromatic heterocycles. The number of anilines is 2. The lowest BCUT2D eigenvalue weighted by atomic mass is 9.95. The molecule has 18 heavy (non-hydrogen) atoms. The first-order valence-corrected chi connectivity index (χ1v) is 6.24. The van der Waals surface area contributed by atoms with Crippen LogP contribution in [0.1, 0.15) is 44.0 Å². The minimum atomic E-state index is -1.03. The average Bonchev–Trinajstić information content (AvgIpc) is 2.32. The fourth-order valence-electron chi connectivity index (χ4n) is 2.08. The van der Waals surface area contributed by atoms with Crippen molar-refractivity contribution in [1.29, 1.82) is 0 Å². The molecule has 0 aromatic carbocycles. The van der Waals surface area contributed by atoms with Crippen LogP contribution in [0.25, 0.3) is 0 Å². The van der Waals surface area contributed by atoms with E-state index in [1.807, 2.05) is 0 Å². The lowest BCUT2D eigenvalue weighted by Gasteiger charge is -2.23. The predicted octanol–water partition coefficient (Wildman–Crippen LogP) is 2.60. The molecule has 1 rings (SSSR count). The number of nitrogens with one attached hydrogen (secondary N) is 1. The molecule has 4 N–H and O–H groups in total. The van der Waals surface area contributed by atoms with Crippen molar-refractivity contribution < 1.29 is 9.90 Å². The second-order valence-corrected chi connectivity index (χ2v) is 4.47. The fourth-order valence-corrected chi connectivity index (χ4v) is 2.08. The minimum absolute atomic E-state index is 0.0873. The summed E-state index contributed by atoms with van der Waals surface area (Å²) in [6.07, 6.45) is 3.53. The maximum absolute atomic E-state index is 11.0. The molecule has 1 atom stereocenters. The van der Waals surface area contributed by atoms with Crippen molar-refractivity contribution in [3.8, 4) is 0 Å². The van der Waals surface area contributed by atoms with Gasteiger partial charge in [0.15, 0.2) is 0 Å². The third kappa shape index (κ3) is 3.35. The van der Waals surface area contributed by atoms with Crippen molar-refractivity contribution in [3.63, 3.8) is 0 Å². The number of aromatic carboxylic acids is 1. The van der Waals surface area contributed by atoms with Crippen LogP contribution in [0, 0.1) is 5.92 Å². The first-order chi connectivity index (χ1) is 8.49. The monoisotopic (exact) mass is 251 g/mol. The molecule has 0 amide bonds. The van der Waals surface area contributed by atoms with E-state index in [1.165, 1.54) is 12.3 Å². The second kappa shape index (κ2) is 6.23. The molecule has 0 saturated heterocycles. The first-order valence-electron chi connectivity index (χ1n) is 6.24. The maximum atomic E-state index is 11.0. The Kier molecular flexibility index (Phi) is 4.95. The Bertz CT molecular complexity index is 417. The van der Waals surface area contributed by atoms with Crippen LogP contribution in [0.5, 0.6) is 0 Å². The van der Waals surface area contributed by atoms with Gasteiger partial charge in [0.1, 0.15) is 5.82 Å². The molecular formula is C13H21N3O2. The summed E-state index contributed by atoms with van der Waals surface area (Å²) in [6.45, 7) is 6.37. The number of nitrogen functional groups attached to an aromatic ring is 1. The maximum Gasteiger partial charge on any atom is 0.337 e. The number of carboxylic acids is 1. The van der Waals surface area contributed by atoms with Crippen molar-refractivity contribution in [2.45, 2.75) is 39.7 Å². The highest BCUT2D eigenvalue weighted by atomic mass is 16.4. The number of carbonyl (C=O) groups is 1. The van der Waals surface area contributed by atoms with Crippen molar-refractivity contribution in [3.05, 3.63) is 17.8 Å². The van der Waals surface area contributed by atoms with Crippen molar-refractivity contribution in [2.24, 2.45) is 5.92 Å². The highest BCUT2D eigenvalue weighted by molar-refractivity contribution is 5.94. The minimum Gasteiger partial charge on any atom is -0.478 e. The zero-order chi connectivity index (χ0) is 13.7. The Morgan fingerprint density at radius 1 is 1.50 bits per heavy atom. The molecule has 0 radical (unpaired) electrons. The van der Waals surface area contributed by atoms with Crippen LogP contribution in [0.15, 0.2) is 12.3 Å². The van der Waals surface area contributed by atoms with Crippen LogP contribution < -0.4 is 11.1 Å². The number of hydrogen-bond donors (Lipinski definition) is 3. The Morgan fingerprint density at radius 3 is 2.61 bits per heavy atom. The molecule has 5 nitrogen and oxygen atoms in total. The quantitative estimate of drug-likeness (QED) is 0.723. The Hall–Kier alpha value is -1.78. The predicted molar refractivity (Wildman–Crippen MR) is 72.8 cm³/mol. The highest BCUT2D eigenvalue weighted by Crippen LogP contribution is 2.19. The zero-order valence-electron chi connectivity index (χ0n) is 11.1. The van der Waals surface area contributed by atoms with Gasteiger partial charge >= 0.3 is 5.97 Å². The zero-order valence-corrected chi connectivity index (χ0v) is 11.1. The van der Waals surface area contributed by atoms with Gasteiger partial charge in [0.25, 0.3) is 0 Å². The molecular weight excluding hydrogens is 230 g/mol. The summed E-state index contributed by atoms with van der Waals surface area (Å²) >= 11 is 0. The van der Waals surface area contributed by atoms with E-state index in [0.29, 0.717) is 11.7 Å². The van der Waals surface area contributed by atoms with Crippen LogP contribution in [-0.4, -0.2) is 22.1 Å². The number of rotatable bonds is 6. The van der Waals surface area contributed by atoms with E-state index in [0.717, 1.165) is 12.8 Å². The second-order valence-electron chi connectivity index (χ2n) is 4.47. The number of nitrogens with zero attached hydrogens (tertiary/aromatic N) is 1. The van der Waals surface area contributed by atoms with Gasteiger partial charge in [-0.15, -0.1) is 0 Å². The topological polar surface area (TPSA) is 88.2 Å². The van der Waals surface area contributed by atoms with Gasteiger partial charge in [0.2, 0.25) is 0 Å². The summed E-state index contributed by atoms with van der Waals surface area (Å²) in [4.78, 5) is 15.1. The molecule has 0 bridgehead atoms. The smallest absolute Gasteiger partial charge is 0.337 e. The normalized spacial score (nSPS) is 12.4. The SMILES string of the molecule is CCC(CC)C(C)Nc1cc(C(=O)O)c(N)cn1. The molecule has 0 aliphatic heterocycles. The molecule has 0 fully saturated rings. The summed E-state index contributed by atoms with van der Waals surface area (Å²) in [7, 11) is 0. The average molecular weight is 251 g/mol. The molecule has 5 heteroatoms. The first kappa shape index (κ1) is 14.3. The summed E-state index contributed by atoms with van der Waals surface area (Å²) in [5.41, 5.74) is 5.83. The summed E-state index contributed by atoms with van der Waals surface area (Å²) in [5, 5.41) is 12.2. The molecule has 1 aromatic rings. The number of hydrogen-bond acceptors (Lipinski definition) is 4. The molecule has 0 saturated carbocycles. The molecule has 100 valence electrons. The van der Waals surface area contributed by atoms with E-state index in [1.54, 1.807) is 0 Å². The van der Waals surface area contributed by atoms with Crippen LogP contribution in [0.2, 0.25) is 0 Å². The Labute approximate surface area is 107 Å². The Morgan fingerprint density at radius 2 is 2.11 bits per heavy atom. The lowest BCUT2D eigenvalue weighted by molar-refractivity contribution is 0.0698. The van der Waals surface area contributed by atoms with E-state index >= 15 is 0 Å². The standard InChI is InChI=1S/C13H21N3O2/c1-4-9(5-2)8(3)16-12-6-10(13(17)18)11(14)7-15-12/h6-9H,4-5,14H2,1-3H3,(H,15,16)(H,17,18). The van der Waals surface area contributed by atoms with E-state index in [2.05, 4.69) is 31.1 Å². The third-order valence-corrected chi connectivity index (χ3v) is 3.30. The van der Waals surface area contributed by atoms with Gasteiger partial charge in [0, 0.05) is 6.04 Å². The number of nitrogens with two attached hydrogens (primary N) is 1. The van der Waals surface area contributed by atoms with Gasteiger partial charge < -0.3 is 16.2 Å². The number of pyridine rings is 1. The molecule has 0 aliphatic rings. The van der Waals surface area contributed by atoms with Crippen LogP contribution in [0.3, 0.4) is 0 Å². The van der Waals surface area contributed by atoms with Gasteiger partial charge in [0.05, 0.1) is 17.4 Å². The van der Waals surface area contributed by atoms with Crippen molar-refractivity contribution in [2.75, 3.05) is 11.1 Å². The fraction of sp³-hybridized carbons (Fsp3) is 0.538. The lowest BCUT2D eigenvalue weighted by Crippen LogP contribution is -2.25. The summed E-state index contributed by atoms with van der Waals surface area (Å²) in [5.74, 6) is 0.0618. The highest BCUT2D eigenvalue weighted by Gasteiger charge is 2.15. The van der Waals surface area contributed by atoms with E-state index in [9.17, 15) is 4.79 Å². The molecule has 1 unspecified atom stereocenters. The van der Waals surface area contributed by atoms with Crippen LogP contribution in [0.4, 0.5) is 11.5 Å². The van der Waals surface area contributed by atoms with Gasteiger partial charge in [-0.3, -0.25) is 0 Å². The summed E-state index contributed by atoms with van der Waals surface area (Å²) < 4.78 is 0. The van der Waals surface area contributed by atoms with E-state index in [-0.39, 0.29) is 17.3 Å². The van der Waals surface area contributed by atoms with Crippen LogP contribution >= 0.6 is 0 Å². The summed E-state index contributed by atoms with van der Waals surface area (Å²) in [6, 6.07) is 1.73. The molecule has 0 spiro atoms. The van der Waals surface area contributed by atoms with Gasteiger partial charge in [-0.1, -0.05) is 26.7 Å². The van der Waals surface area contributed by atoms with Crippen molar-refractivity contribution in [1.82, 2.24) is 4.98 Å². The number of carboxylic acid groups (broad SMARTS) is 1. The van der Waals surface area contributed by atoms with Gasteiger partial charge in [-0.05, 0) is 18.9 Å². The molecule has 0 aliphatic carbocycles. The third-order valence-electron chi connectivity index (χ3n) is 3.30.